The molecule has 110 valence electrons. The van der Waals surface area contributed by atoms with Crippen LogP contribution in [0.2, 0.25) is 0 Å². The van der Waals surface area contributed by atoms with Crippen molar-refractivity contribution in [1.82, 2.24) is 4.90 Å². The molecule has 1 saturated heterocycles. The SMILES string of the molecule is CC(=O)OCC1=C(C(=O)O)N2C(=O)[C@H](N)C2(CO)SC1. The number of nitrogens with two attached hydrogens (primary N) is 1. The van der Waals surface area contributed by atoms with Gasteiger partial charge >= 0.3 is 11.9 Å². The van der Waals surface area contributed by atoms with Crippen molar-refractivity contribution in [2.75, 3.05) is 19.0 Å². The Kier molecular flexibility index (Phi) is 3.76. The van der Waals surface area contributed by atoms with Gasteiger partial charge in [0, 0.05) is 18.2 Å². The van der Waals surface area contributed by atoms with E-state index in [0.717, 1.165) is 4.90 Å². The summed E-state index contributed by atoms with van der Waals surface area (Å²) in [5.41, 5.74) is 5.73. The van der Waals surface area contributed by atoms with Gasteiger partial charge in [0.05, 0.1) is 6.61 Å². The summed E-state index contributed by atoms with van der Waals surface area (Å²) in [4.78, 5) is 33.9. The monoisotopic (exact) mass is 302 g/mol. The number of hydrogen-bond acceptors (Lipinski definition) is 7. The van der Waals surface area contributed by atoms with E-state index in [1.807, 2.05) is 0 Å². The van der Waals surface area contributed by atoms with Crippen molar-refractivity contribution < 1.29 is 29.3 Å². The Morgan fingerprint density at radius 2 is 2.25 bits per heavy atom. The predicted molar refractivity (Wildman–Crippen MR) is 68.4 cm³/mol. The Bertz CT molecular complexity index is 519. The maximum Gasteiger partial charge on any atom is 0.352 e. The van der Waals surface area contributed by atoms with Gasteiger partial charge < -0.3 is 20.7 Å². The van der Waals surface area contributed by atoms with E-state index in [2.05, 4.69) is 0 Å². The minimum absolute atomic E-state index is 0.204. The van der Waals surface area contributed by atoms with Crippen LogP contribution in [0.15, 0.2) is 11.3 Å². The smallest absolute Gasteiger partial charge is 0.352 e. The largest absolute Gasteiger partial charge is 0.477 e. The Labute approximate surface area is 118 Å². The number of β-lactam (4-membered cyclic amide) rings is 1. The lowest BCUT2D eigenvalue weighted by molar-refractivity contribution is -0.156. The number of fused-ring (bicyclic) bond motifs is 1. The second kappa shape index (κ2) is 5.08. The number of thioether (sulfide) groups is 1. The third kappa shape index (κ3) is 1.98. The third-order valence-electron chi connectivity index (χ3n) is 3.28. The van der Waals surface area contributed by atoms with Crippen molar-refractivity contribution in [1.29, 1.82) is 0 Å². The van der Waals surface area contributed by atoms with Crippen molar-refractivity contribution in [3.05, 3.63) is 11.3 Å². The lowest BCUT2D eigenvalue weighted by Gasteiger charge is -2.56. The lowest BCUT2D eigenvalue weighted by atomic mass is 9.93. The average Bonchev–Trinajstić information content (AvgIpc) is 2.42. The van der Waals surface area contributed by atoms with E-state index in [4.69, 9.17) is 10.5 Å². The van der Waals surface area contributed by atoms with Gasteiger partial charge in [-0.05, 0) is 0 Å². The van der Waals surface area contributed by atoms with Crippen LogP contribution < -0.4 is 5.73 Å². The predicted octanol–water partition coefficient (Wildman–Crippen LogP) is -1.51. The van der Waals surface area contributed by atoms with Crippen molar-refractivity contribution in [3.63, 3.8) is 0 Å². The first-order valence-corrected chi connectivity index (χ1v) is 6.77. The first kappa shape index (κ1) is 14.8. The van der Waals surface area contributed by atoms with E-state index in [0.29, 0.717) is 5.57 Å². The number of nitrogens with zero attached hydrogens (tertiary/aromatic N) is 1. The zero-order valence-corrected chi connectivity index (χ0v) is 11.5. The molecule has 0 aromatic heterocycles. The van der Waals surface area contributed by atoms with Gasteiger partial charge in [0.2, 0.25) is 5.91 Å². The number of carboxylic acid groups (broad SMARTS) is 1. The molecule has 2 rings (SSSR count). The molecule has 2 heterocycles. The number of carboxylic acids is 1. The molecule has 4 N–H and O–H groups in total. The van der Waals surface area contributed by atoms with Crippen molar-refractivity contribution in [2.24, 2.45) is 5.73 Å². The standard InChI is InChI=1S/C11H14N2O6S/c1-5(15)19-2-6-3-20-11(4-14)8(12)9(16)13(11)7(6)10(17)18/h8,14H,2-4,12H2,1H3,(H,17,18)/t8-,11?/m0/s1. The minimum atomic E-state index is -1.31. The van der Waals surface area contributed by atoms with Gasteiger partial charge in [-0.1, -0.05) is 0 Å². The van der Waals surface area contributed by atoms with Crippen LogP contribution in [0.25, 0.3) is 0 Å². The molecule has 9 heteroatoms. The summed E-state index contributed by atoms with van der Waals surface area (Å²) in [7, 11) is 0. The molecule has 1 unspecified atom stereocenters. The van der Waals surface area contributed by atoms with E-state index >= 15 is 0 Å². The lowest BCUT2D eigenvalue weighted by Crippen LogP contribution is -2.78. The van der Waals surface area contributed by atoms with Crippen LogP contribution in [0.3, 0.4) is 0 Å². The molecule has 0 aromatic carbocycles. The zero-order chi connectivity index (χ0) is 15.1. The summed E-state index contributed by atoms with van der Waals surface area (Å²) in [5.74, 6) is -2.21. The quantitative estimate of drug-likeness (QED) is 0.422. The summed E-state index contributed by atoms with van der Waals surface area (Å²) in [6.45, 7) is 0.562. The van der Waals surface area contributed by atoms with E-state index in [-0.39, 0.29) is 18.1 Å². The van der Waals surface area contributed by atoms with Crippen LogP contribution in [0.1, 0.15) is 6.92 Å². The maximum atomic E-state index is 11.8. The minimum Gasteiger partial charge on any atom is -0.477 e. The highest BCUT2D eigenvalue weighted by Crippen LogP contribution is 2.48. The normalized spacial score (nSPS) is 28.9. The first-order chi connectivity index (χ1) is 9.35. The van der Waals surface area contributed by atoms with Gasteiger partial charge in [-0.15, -0.1) is 11.8 Å². The number of amides is 1. The Hall–Kier alpha value is -1.58. The Morgan fingerprint density at radius 3 is 2.75 bits per heavy atom. The highest BCUT2D eigenvalue weighted by molar-refractivity contribution is 8.01. The molecule has 0 bridgehead atoms. The van der Waals surface area contributed by atoms with Crippen LogP contribution >= 0.6 is 11.8 Å². The fourth-order valence-electron chi connectivity index (χ4n) is 2.24. The maximum absolute atomic E-state index is 11.8. The van der Waals surface area contributed by atoms with Crippen LogP contribution in [-0.2, 0) is 19.1 Å². The average molecular weight is 302 g/mol. The molecule has 0 saturated carbocycles. The van der Waals surface area contributed by atoms with Crippen LogP contribution in [0.5, 0.6) is 0 Å². The van der Waals surface area contributed by atoms with Crippen LogP contribution in [-0.4, -0.2) is 62.8 Å². The Morgan fingerprint density at radius 1 is 1.60 bits per heavy atom. The van der Waals surface area contributed by atoms with Crippen LogP contribution in [0, 0.1) is 0 Å². The Balaban J connectivity index is 2.38. The van der Waals surface area contributed by atoms with Crippen LogP contribution in [0.4, 0.5) is 0 Å². The number of carbonyl (C=O) groups excluding carboxylic acids is 2. The number of esters is 1. The first-order valence-electron chi connectivity index (χ1n) is 5.78. The number of rotatable bonds is 4. The van der Waals surface area contributed by atoms with E-state index in [1.165, 1.54) is 18.7 Å². The zero-order valence-electron chi connectivity index (χ0n) is 10.7. The second-order valence-corrected chi connectivity index (χ2v) is 5.76. The highest BCUT2D eigenvalue weighted by atomic mass is 32.2. The molecule has 0 spiro atoms. The summed E-state index contributed by atoms with van der Waals surface area (Å²) in [6.07, 6.45) is 0. The fraction of sp³-hybridized carbons (Fsp3) is 0.545. The van der Waals surface area contributed by atoms with E-state index < -0.39 is 35.4 Å². The molecule has 1 amide bonds. The number of aliphatic carboxylic acids is 1. The number of aliphatic hydroxyl groups excluding tert-OH is 1. The van der Waals surface area contributed by atoms with Gasteiger partial charge in [0.1, 0.15) is 23.2 Å². The topological polar surface area (TPSA) is 130 Å². The number of aliphatic hydroxyl groups is 1. The number of carbonyl (C=O) groups is 3. The molecule has 0 aromatic rings. The summed E-state index contributed by atoms with van der Waals surface area (Å²) in [5, 5.41) is 18.8. The molecule has 0 aliphatic carbocycles. The van der Waals surface area contributed by atoms with Gasteiger partial charge in [-0.2, -0.15) is 0 Å². The van der Waals surface area contributed by atoms with Crippen molar-refractivity contribution in [3.8, 4) is 0 Å². The summed E-state index contributed by atoms with van der Waals surface area (Å²) < 4.78 is 4.79. The van der Waals surface area contributed by atoms with E-state index in [1.54, 1.807) is 0 Å². The molecule has 20 heavy (non-hydrogen) atoms. The summed E-state index contributed by atoms with van der Waals surface area (Å²) in [6, 6.07) is -0.942. The fourth-order valence-corrected chi connectivity index (χ4v) is 3.57. The second-order valence-electron chi connectivity index (χ2n) is 4.48. The molecule has 2 aliphatic rings. The number of hydrogen-bond donors (Lipinski definition) is 3. The molecule has 2 atom stereocenters. The molecule has 0 radical (unpaired) electrons. The molecular weight excluding hydrogens is 288 g/mol. The summed E-state index contributed by atoms with van der Waals surface area (Å²) >= 11 is 1.17. The van der Waals surface area contributed by atoms with Gasteiger partial charge in [0.15, 0.2) is 0 Å². The third-order valence-corrected chi connectivity index (χ3v) is 4.84. The van der Waals surface area contributed by atoms with Gasteiger partial charge in [0.25, 0.3) is 0 Å². The molecule has 1 fully saturated rings. The van der Waals surface area contributed by atoms with Gasteiger partial charge in [-0.25, -0.2) is 4.79 Å². The van der Waals surface area contributed by atoms with Gasteiger partial charge in [-0.3, -0.25) is 14.5 Å². The molecule has 8 nitrogen and oxygen atoms in total. The van der Waals surface area contributed by atoms with Crippen molar-refractivity contribution in [2.45, 2.75) is 17.8 Å². The molecular formula is C11H14N2O6S. The molecule has 2 aliphatic heterocycles. The van der Waals surface area contributed by atoms with E-state index in [9.17, 15) is 24.6 Å². The van der Waals surface area contributed by atoms with Crippen molar-refractivity contribution >= 4 is 29.6 Å². The number of ether oxygens (including phenoxy) is 1. The highest BCUT2D eigenvalue weighted by Gasteiger charge is 2.63.